The minimum atomic E-state index is -0.659. The highest BCUT2D eigenvalue weighted by Crippen LogP contribution is 2.21. The second-order valence-electron chi connectivity index (χ2n) is 3.11. The molecule has 0 spiro atoms. The van der Waals surface area contributed by atoms with Gasteiger partial charge in [-0.1, -0.05) is 15.9 Å². The zero-order valence-electron chi connectivity index (χ0n) is 8.70. The number of hydrogen-bond donors (Lipinski definition) is 2. The van der Waals surface area contributed by atoms with Crippen LogP contribution in [-0.2, 0) is 9.59 Å². The third-order valence-corrected chi connectivity index (χ3v) is 2.21. The molecule has 1 aromatic carbocycles. The van der Waals surface area contributed by atoms with Gasteiger partial charge >= 0.3 is 0 Å². The molecule has 3 N–H and O–H groups in total. The van der Waals surface area contributed by atoms with Crippen LogP contribution in [0.25, 0.3) is 0 Å². The number of ether oxygens (including phenoxy) is 1. The molecule has 7 heteroatoms. The molecular weight excluding hydrogens is 295 g/mol. The van der Waals surface area contributed by atoms with E-state index in [9.17, 15) is 14.0 Å². The van der Waals surface area contributed by atoms with Crippen molar-refractivity contribution in [3.63, 3.8) is 0 Å². The Morgan fingerprint density at radius 3 is 2.76 bits per heavy atom. The van der Waals surface area contributed by atoms with E-state index in [1.165, 1.54) is 12.1 Å². The lowest BCUT2D eigenvalue weighted by Gasteiger charge is -2.07. The smallest absolute Gasteiger partial charge is 0.258 e. The van der Waals surface area contributed by atoms with E-state index in [0.717, 1.165) is 0 Å². The van der Waals surface area contributed by atoms with Crippen molar-refractivity contribution in [3.8, 4) is 5.75 Å². The van der Waals surface area contributed by atoms with E-state index in [0.29, 0.717) is 4.47 Å². The molecule has 0 aliphatic carbocycles. The van der Waals surface area contributed by atoms with Crippen molar-refractivity contribution in [2.75, 3.05) is 13.2 Å². The highest BCUT2D eigenvalue weighted by molar-refractivity contribution is 9.10. The van der Waals surface area contributed by atoms with Gasteiger partial charge in [-0.2, -0.15) is 0 Å². The second kappa shape index (κ2) is 6.19. The normalized spacial score (nSPS) is 9.76. The van der Waals surface area contributed by atoms with E-state index < -0.39 is 17.6 Å². The molecule has 2 amide bonds. The van der Waals surface area contributed by atoms with E-state index in [-0.39, 0.29) is 18.9 Å². The van der Waals surface area contributed by atoms with Crippen molar-refractivity contribution in [2.45, 2.75) is 0 Å². The zero-order chi connectivity index (χ0) is 12.8. The number of primary amides is 1. The summed E-state index contributed by atoms with van der Waals surface area (Å²) in [6.45, 7) is -0.656. The summed E-state index contributed by atoms with van der Waals surface area (Å²) in [6.07, 6.45) is 0. The first-order chi connectivity index (χ1) is 7.99. The first-order valence-corrected chi connectivity index (χ1v) is 5.41. The van der Waals surface area contributed by atoms with E-state index >= 15 is 0 Å². The maximum absolute atomic E-state index is 13.3. The van der Waals surface area contributed by atoms with Gasteiger partial charge in [-0.15, -0.1) is 0 Å². The third kappa shape index (κ3) is 4.81. The number of halogens is 2. The average Bonchev–Trinajstić information content (AvgIpc) is 2.25. The zero-order valence-corrected chi connectivity index (χ0v) is 10.3. The summed E-state index contributed by atoms with van der Waals surface area (Å²) in [4.78, 5) is 21.5. The molecular formula is C10H10BrFN2O3. The first kappa shape index (κ1) is 13.4. The van der Waals surface area contributed by atoms with Gasteiger partial charge in [0, 0.05) is 4.47 Å². The van der Waals surface area contributed by atoms with Crippen molar-refractivity contribution in [1.82, 2.24) is 5.32 Å². The largest absolute Gasteiger partial charge is 0.481 e. The van der Waals surface area contributed by atoms with Gasteiger partial charge in [0.15, 0.2) is 18.2 Å². The van der Waals surface area contributed by atoms with Crippen LogP contribution >= 0.6 is 15.9 Å². The predicted octanol–water partition coefficient (Wildman–Crippen LogP) is 0.569. The van der Waals surface area contributed by atoms with Crippen molar-refractivity contribution in [3.05, 3.63) is 28.5 Å². The van der Waals surface area contributed by atoms with Crippen LogP contribution in [0.3, 0.4) is 0 Å². The number of nitrogens with two attached hydrogens (primary N) is 1. The number of carbonyl (C=O) groups is 2. The average molecular weight is 305 g/mol. The fourth-order valence-electron chi connectivity index (χ4n) is 0.972. The van der Waals surface area contributed by atoms with Gasteiger partial charge < -0.3 is 15.8 Å². The molecule has 0 bridgehead atoms. The minimum Gasteiger partial charge on any atom is -0.481 e. The van der Waals surface area contributed by atoms with Crippen molar-refractivity contribution in [1.29, 1.82) is 0 Å². The minimum absolute atomic E-state index is 0.0394. The van der Waals surface area contributed by atoms with Gasteiger partial charge in [0.2, 0.25) is 5.91 Å². The van der Waals surface area contributed by atoms with E-state index in [2.05, 4.69) is 21.2 Å². The summed E-state index contributed by atoms with van der Waals surface area (Å²) < 4.78 is 18.7. The second-order valence-corrected chi connectivity index (χ2v) is 4.02. The predicted molar refractivity (Wildman–Crippen MR) is 61.8 cm³/mol. The molecule has 0 radical (unpaired) electrons. The fourth-order valence-corrected chi connectivity index (χ4v) is 1.31. The highest BCUT2D eigenvalue weighted by Gasteiger charge is 2.07. The Morgan fingerprint density at radius 1 is 1.47 bits per heavy atom. The Bertz CT molecular complexity index is 440. The molecule has 1 rings (SSSR count). The lowest BCUT2D eigenvalue weighted by molar-refractivity contribution is -0.126. The number of nitrogens with one attached hydrogen (secondary N) is 1. The molecule has 92 valence electrons. The highest BCUT2D eigenvalue weighted by atomic mass is 79.9. The molecule has 5 nitrogen and oxygen atoms in total. The van der Waals surface area contributed by atoms with E-state index in [4.69, 9.17) is 10.5 Å². The Kier molecular flexibility index (Phi) is 4.89. The van der Waals surface area contributed by atoms with Crippen LogP contribution in [0.2, 0.25) is 0 Å². The molecule has 17 heavy (non-hydrogen) atoms. The van der Waals surface area contributed by atoms with Gasteiger partial charge in [0.1, 0.15) is 0 Å². The molecule has 0 atom stereocenters. The van der Waals surface area contributed by atoms with Crippen LogP contribution in [0.1, 0.15) is 0 Å². The van der Waals surface area contributed by atoms with Crippen LogP contribution in [0.15, 0.2) is 22.7 Å². The van der Waals surface area contributed by atoms with Gasteiger partial charge in [-0.25, -0.2) is 4.39 Å². The number of carbonyl (C=O) groups excluding carboxylic acids is 2. The summed E-state index contributed by atoms with van der Waals surface area (Å²) in [5, 5.41) is 2.21. The molecule has 1 aromatic rings. The van der Waals surface area contributed by atoms with Gasteiger partial charge in [0.25, 0.3) is 5.91 Å². The van der Waals surface area contributed by atoms with Crippen LogP contribution in [-0.4, -0.2) is 25.0 Å². The molecule has 0 fully saturated rings. The number of benzene rings is 1. The van der Waals surface area contributed by atoms with Crippen molar-refractivity contribution < 1.29 is 18.7 Å². The lowest BCUT2D eigenvalue weighted by atomic mass is 10.3. The Balaban J connectivity index is 2.44. The summed E-state index contributed by atoms with van der Waals surface area (Å²) >= 11 is 3.09. The number of rotatable bonds is 5. The summed E-state index contributed by atoms with van der Waals surface area (Å²) in [7, 11) is 0. The lowest BCUT2D eigenvalue weighted by Crippen LogP contribution is -2.36. The van der Waals surface area contributed by atoms with Gasteiger partial charge in [0.05, 0.1) is 6.54 Å². The maximum atomic E-state index is 13.3. The molecule has 0 aliphatic heterocycles. The van der Waals surface area contributed by atoms with Crippen molar-refractivity contribution in [2.24, 2.45) is 5.73 Å². The standard InChI is InChI=1S/C10H10BrFN2O3/c11-6-1-2-8(7(12)3-6)17-5-10(16)14-4-9(13)15/h1-3H,4-5H2,(H2,13,15)(H,14,16). The first-order valence-electron chi connectivity index (χ1n) is 4.62. The maximum Gasteiger partial charge on any atom is 0.258 e. The topological polar surface area (TPSA) is 81.4 Å². The van der Waals surface area contributed by atoms with E-state index in [1.54, 1.807) is 6.07 Å². The molecule has 0 saturated carbocycles. The fraction of sp³-hybridized carbons (Fsp3) is 0.200. The Labute approximate surface area is 105 Å². The Hall–Kier alpha value is -1.63. The summed E-state index contributed by atoms with van der Waals surface area (Å²) in [6, 6.07) is 4.19. The molecule has 0 aliphatic rings. The van der Waals surface area contributed by atoms with Crippen LogP contribution in [0.5, 0.6) is 5.75 Å². The quantitative estimate of drug-likeness (QED) is 0.834. The van der Waals surface area contributed by atoms with Crippen LogP contribution in [0, 0.1) is 5.82 Å². The molecule has 0 heterocycles. The van der Waals surface area contributed by atoms with Crippen LogP contribution < -0.4 is 15.8 Å². The van der Waals surface area contributed by atoms with Crippen molar-refractivity contribution >= 4 is 27.7 Å². The monoisotopic (exact) mass is 304 g/mol. The summed E-state index contributed by atoms with van der Waals surface area (Å²) in [5.41, 5.74) is 4.83. The third-order valence-electron chi connectivity index (χ3n) is 1.71. The summed E-state index contributed by atoms with van der Waals surface area (Å²) in [5.74, 6) is -1.83. The number of amides is 2. The van der Waals surface area contributed by atoms with Gasteiger partial charge in [-0.3, -0.25) is 9.59 Å². The molecule has 0 saturated heterocycles. The van der Waals surface area contributed by atoms with Gasteiger partial charge in [-0.05, 0) is 18.2 Å². The van der Waals surface area contributed by atoms with Crippen LogP contribution in [0.4, 0.5) is 4.39 Å². The molecule has 0 unspecified atom stereocenters. The number of hydrogen-bond acceptors (Lipinski definition) is 3. The SMILES string of the molecule is NC(=O)CNC(=O)COc1ccc(Br)cc1F. The van der Waals surface area contributed by atoms with E-state index in [1.807, 2.05) is 0 Å². The Morgan fingerprint density at radius 2 is 2.18 bits per heavy atom. The molecule has 0 aromatic heterocycles.